The second-order valence-electron chi connectivity index (χ2n) is 7.26. The molecule has 1 saturated carbocycles. The van der Waals surface area contributed by atoms with Crippen LogP contribution in [0.2, 0.25) is 0 Å². The van der Waals surface area contributed by atoms with Crippen LogP contribution in [0.3, 0.4) is 0 Å². The van der Waals surface area contributed by atoms with Crippen LogP contribution >= 0.6 is 0 Å². The van der Waals surface area contributed by atoms with Gasteiger partial charge in [-0.15, -0.1) is 0 Å². The van der Waals surface area contributed by atoms with Crippen molar-refractivity contribution in [3.63, 3.8) is 0 Å². The van der Waals surface area contributed by atoms with E-state index in [4.69, 9.17) is 9.47 Å². The number of aromatic nitrogens is 2. The van der Waals surface area contributed by atoms with Gasteiger partial charge in [0.25, 0.3) is 0 Å². The summed E-state index contributed by atoms with van der Waals surface area (Å²) in [4.78, 5) is 21.3. The van der Waals surface area contributed by atoms with Crippen LogP contribution < -0.4 is 14.8 Å². The van der Waals surface area contributed by atoms with Crippen LogP contribution in [0.5, 0.6) is 11.5 Å². The number of carbonyl (C=O) groups excluding carboxylic acids is 1. The van der Waals surface area contributed by atoms with Gasteiger partial charge < -0.3 is 14.8 Å². The summed E-state index contributed by atoms with van der Waals surface area (Å²) in [5.74, 6) is 1.44. The molecule has 0 unspecified atom stereocenters. The van der Waals surface area contributed by atoms with E-state index in [0.717, 1.165) is 46.5 Å². The smallest absolute Gasteiger partial charge is 0.235 e. The number of hydrogen-bond donors (Lipinski definition) is 1. The Labute approximate surface area is 162 Å². The van der Waals surface area contributed by atoms with E-state index in [0.29, 0.717) is 5.75 Å². The molecule has 0 atom stereocenters. The summed E-state index contributed by atoms with van der Waals surface area (Å²) >= 11 is 0. The fraction of sp³-hybridized carbons (Fsp3) is 0.227. The van der Waals surface area contributed by atoms with Crippen molar-refractivity contribution in [2.45, 2.75) is 25.2 Å². The maximum absolute atomic E-state index is 13.1. The number of ether oxygens (including phenoxy) is 2. The minimum absolute atomic E-state index is 0.00507. The Balaban J connectivity index is 1.41. The van der Waals surface area contributed by atoms with E-state index in [1.807, 2.05) is 43.3 Å². The van der Waals surface area contributed by atoms with Gasteiger partial charge in [-0.2, -0.15) is 0 Å². The van der Waals surface area contributed by atoms with Gasteiger partial charge in [0.05, 0.1) is 5.41 Å². The van der Waals surface area contributed by atoms with Gasteiger partial charge in [-0.25, -0.2) is 9.97 Å². The van der Waals surface area contributed by atoms with Crippen molar-refractivity contribution >= 4 is 11.6 Å². The van der Waals surface area contributed by atoms with Crippen molar-refractivity contribution in [2.75, 3.05) is 12.1 Å². The summed E-state index contributed by atoms with van der Waals surface area (Å²) < 4.78 is 10.8. The highest BCUT2D eigenvalue weighted by molar-refractivity contribution is 6.02. The van der Waals surface area contributed by atoms with E-state index < -0.39 is 5.41 Å². The van der Waals surface area contributed by atoms with Crippen LogP contribution in [0.25, 0.3) is 11.1 Å². The molecule has 2 aliphatic rings. The first-order valence-corrected chi connectivity index (χ1v) is 9.23. The van der Waals surface area contributed by atoms with E-state index in [1.54, 1.807) is 12.4 Å². The molecular formula is C22H19N3O3. The van der Waals surface area contributed by atoms with Gasteiger partial charge in [-0.05, 0) is 60.7 Å². The molecule has 1 fully saturated rings. The SMILES string of the molecule is Cc1ccc(NC(=O)C2(c3ccc4c(c3)OCO4)CC2)cc1-c1cncnc1. The lowest BCUT2D eigenvalue weighted by molar-refractivity contribution is -0.118. The first-order chi connectivity index (χ1) is 13.7. The molecule has 2 aromatic carbocycles. The highest BCUT2D eigenvalue weighted by atomic mass is 16.7. The first kappa shape index (κ1) is 16.7. The molecule has 0 saturated heterocycles. The maximum Gasteiger partial charge on any atom is 0.235 e. The summed E-state index contributed by atoms with van der Waals surface area (Å²) in [6.45, 7) is 2.26. The van der Waals surface area contributed by atoms with Gasteiger partial charge >= 0.3 is 0 Å². The van der Waals surface area contributed by atoms with Crippen molar-refractivity contribution in [3.8, 4) is 22.6 Å². The molecule has 1 aromatic heterocycles. The zero-order valence-corrected chi connectivity index (χ0v) is 15.4. The molecular weight excluding hydrogens is 354 g/mol. The number of amides is 1. The van der Waals surface area contributed by atoms with E-state index >= 15 is 0 Å². The third-order valence-electron chi connectivity index (χ3n) is 5.48. The van der Waals surface area contributed by atoms with Gasteiger partial charge in [-0.1, -0.05) is 12.1 Å². The van der Waals surface area contributed by atoms with Crippen LogP contribution in [0, 0.1) is 6.92 Å². The zero-order valence-electron chi connectivity index (χ0n) is 15.4. The zero-order chi connectivity index (χ0) is 19.1. The molecule has 1 amide bonds. The van der Waals surface area contributed by atoms with Crippen molar-refractivity contribution in [1.29, 1.82) is 0 Å². The number of nitrogens with one attached hydrogen (secondary N) is 1. The van der Waals surface area contributed by atoms with Gasteiger partial charge in [0.15, 0.2) is 11.5 Å². The van der Waals surface area contributed by atoms with Crippen molar-refractivity contribution in [1.82, 2.24) is 9.97 Å². The number of rotatable bonds is 4. The summed E-state index contributed by atoms with van der Waals surface area (Å²) in [6, 6.07) is 11.7. The summed E-state index contributed by atoms with van der Waals surface area (Å²) in [6.07, 6.45) is 6.70. The van der Waals surface area contributed by atoms with Crippen LogP contribution in [0.1, 0.15) is 24.0 Å². The normalized spacial score (nSPS) is 15.9. The number of nitrogens with zero attached hydrogens (tertiary/aromatic N) is 2. The van der Waals surface area contributed by atoms with Crippen LogP contribution in [-0.4, -0.2) is 22.7 Å². The van der Waals surface area contributed by atoms with E-state index in [2.05, 4.69) is 15.3 Å². The fourth-order valence-electron chi connectivity index (χ4n) is 3.67. The molecule has 3 aromatic rings. The highest BCUT2D eigenvalue weighted by Crippen LogP contribution is 2.51. The Morgan fingerprint density at radius 2 is 1.82 bits per heavy atom. The van der Waals surface area contributed by atoms with Gasteiger partial charge in [0, 0.05) is 23.6 Å². The summed E-state index contributed by atoms with van der Waals surface area (Å²) in [5, 5.41) is 3.10. The lowest BCUT2D eigenvalue weighted by Crippen LogP contribution is -2.27. The Morgan fingerprint density at radius 3 is 2.61 bits per heavy atom. The van der Waals surface area contributed by atoms with Crippen LogP contribution in [0.4, 0.5) is 5.69 Å². The molecule has 5 rings (SSSR count). The van der Waals surface area contributed by atoms with E-state index in [9.17, 15) is 4.79 Å². The molecule has 1 aliphatic heterocycles. The Bertz CT molecular complexity index is 1060. The van der Waals surface area contributed by atoms with Crippen molar-refractivity contribution < 1.29 is 14.3 Å². The Morgan fingerprint density at radius 1 is 1.04 bits per heavy atom. The average molecular weight is 373 g/mol. The number of aryl methyl sites for hydroxylation is 1. The summed E-state index contributed by atoms with van der Waals surface area (Å²) in [7, 11) is 0. The standard InChI is InChI=1S/C22H19N3O3/c1-14-2-4-17(9-18(14)15-10-23-12-24-11-15)25-21(26)22(6-7-22)16-3-5-19-20(8-16)28-13-27-19/h2-5,8-12H,6-7,13H2,1H3,(H,25,26). The molecule has 0 radical (unpaired) electrons. The molecule has 1 aliphatic carbocycles. The maximum atomic E-state index is 13.1. The number of fused-ring (bicyclic) bond motifs is 1. The van der Waals surface area contributed by atoms with Crippen LogP contribution in [0.15, 0.2) is 55.1 Å². The molecule has 0 spiro atoms. The quantitative estimate of drug-likeness (QED) is 0.752. The minimum Gasteiger partial charge on any atom is -0.454 e. The highest BCUT2D eigenvalue weighted by Gasteiger charge is 2.51. The van der Waals surface area contributed by atoms with Crippen molar-refractivity contribution in [2.24, 2.45) is 0 Å². The second kappa shape index (κ2) is 6.34. The van der Waals surface area contributed by atoms with Crippen molar-refractivity contribution in [3.05, 3.63) is 66.2 Å². The molecule has 0 bridgehead atoms. The largest absolute Gasteiger partial charge is 0.454 e. The third kappa shape index (κ3) is 2.78. The molecule has 2 heterocycles. The molecule has 6 heteroatoms. The molecule has 6 nitrogen and oxygen atoms in total. The first-order valence-electron chi connectivity index (χ1n) is 9.23. The Kier molecular flexibility index (Phi) is 3.79. The lowest BCUT2D eigenvalue weighted by Gasteiger charge is -2.17. The summed E-state index contributed by atoms with van der Waals surface area (Å²) in [5.41, 5.74) is 4.27. The predicted molar refractivity (Wildman–Crippen MR) is 104 cm³/mol. The Hall–Kier alpha value is -3.41. The van der Waals surface area contributed by atoms with Gasteiger partial charge in [0.1, 0.15) is 6.33 Å². The molecule has 140 valence electrons. The van der Waals surface area contributed by atoms with Gasteiger partial charge in [-0.3, -0.25) is 4.79 Å². The van der Waals surface area contributed by atoms with Crippen LogP contribution in [-0.2, 0) is 10.2 Å². The third-order valence-corrected chi connectivity index (χ3v) is 5.48. The molecule has 1 N–H and O–H groups in total. The fourth-order valence-corrected chi connectivity index (χ4v) is 3.67. The minimum atomic E-state index is -0.498. The van der Waals surface area contributed by atoms with E-state index in [-0.39, 0.29) is 12.7 Å². The number of anilines is 1. The number of carbonyl (C=O) groups is 1. The number of hydrogen-bond acceptors (Lipinski definition) is 5. The topological polar surface area (TPSA) is 73.3 Å². The average Bonchev–Trinajstić information content (AvgIpc) is 3.41. The van der Waals surface area contributed by atoms with E-state index in [1.165, 1.54) is 6.33 Å². The molecule has 28 heavy (non-hydrogen) atoms. The second-order valence-corrected chi connectivity index (χ2v) is 7.26. The number of benzene rings is 2. The van der Waals surface area contributed by atoms with Gasteiger partial charge in [0.2, 0.25) is 12.7 Å². The predicted octanol–water partition coefficient (Wildman–Crippen LogP) is 3.85. The lowest BCUT2D eigenvalue weighted by atomic mass is 9.94. The monoisotopic (exact) mass is 373 g/mol.